The van der Waals surface area contributed by atoms with Gasteiger partial charge < -0.3 is 25.2 Å². The summed E-state index contributed by atoms with van der Waals surface area (Å²) in [5, 5.41) is 20.8. The summed E-state index contributed by atoms with van der Waals surface area (Å²) in [4.78, 5) is 20.2. The standard InChI is InChI=1S/C33H35F3N8O3S/c1-15(45)9-43-10-16-3-4-17(11-43)44(16)32-26-20-13-46-12-19(20)24(28-25-18(7-37)31(38)48-30(25)22(35)8-39-28)27(36)29(26)40-33(41-32)47-14-23-21(34)5-6-42(23)2/h8,15-17,21,23,45H,3-6,9-14,38H2,1-2H3/t15?,16?,17?,21-,23+/m0/s1. The van der Waals surface area contributed by atoms with Crippen LogP contribution in [-0.2, 0) is 18.0 Å². The van der Waals surface area contributed by atoms with Crippen molar-refractivity contribution in [2.75, 3.05) is 50.5 Å². The number of aromatic nitrogens is 3. The van der Waals surface area contributed by atoms with Crippen LogP contribution in [0, 0.1) is 23.0 Å². The summed E-state index contributed by atoms with van der Waals surface area (Å²) in [6, 6.07) is 1.58. The Morgan fingerprint density at radius 1 is 1.17 bits per heavy atom. The molecule has 1 aromatic carbocycles. The molecule has 48 heavy (non-hydrogen) atoms. The molecule has 11 nitrogen and oxygen atoms in total. The molecule has 4 aliphatic heterocycles. The van der Waals surface area contributed by atoms with Crippen molar-refractivity contribution in [1.29, 1.82) is 5.26 Å². The lowest BCUT2D eigenvalue weighted by molar-refractivity contribution is 0.111. The maximum atomic E-state index is 17.3. The van der Waals surface area contributed by atoms with Gasteiger partial charge in [-0.3, -0.25) is 14.8 Å². The highest BCUT2D eigenvalue weighted by molar-refractivity contribution is 7.23. The minimum absolute atomic E-state index is 0.0139. The molecule has 0 spiro atoms. The third-order valence-electron chi connectivity index (χ3n) is 10.3. The highest BCUT2D eigenvalue weighted by Gasteiger charge is 2.43. The number of hydrogen-bond acceptors (Lipinski definition) is 12. The lowest BCUT2D eigenvalue weighted by atomic mass is 9.93. The van der Waals surface area contributed by atoms with E-state index in [-0.39, 0.29) is 75.3 Å². The SMILES string of the molecule is CC(O)CN1CC2CCC(C1)N2c1nc(OC[C@@H]2[C@@H](F)CCN2C)nc2c(F)c(-c3ncc(F)c4sc(N)c(C#N)c34)c3c(c12)COC3. The van der Waals surface area contributed by atoms with Crippen molar-refractivity contribution >= 4 is 43.1 Å². The van der Waals surface area contributed by atoms with Crippen LogP contribution >= 0.6 is 11.3 Å². The number of fused-ring (bicyclic) bond motifs is 6. The quantitative estimate of drug-likeness (QED) is 0.292. The maximum Gasteiger partial charge on any atom is 0.319 e. The number of benzene rings is 1. The van der Waals surface area contributed by atoms with E-state index in [4.69, 9.17) is 20.2 Å². The predicted molar refractivity (Wildman–Crippen MR) is 175 cm³/mol. The second-order valence-electron chi connectivity index (χ2n) is 13.3. The van der Waals surface area contributed by atoms with E-state index >= 15 is 4.39 Å². The Morgan fingerprint density at radius 3 is 2.60 bits per heavy atom. The van der Waals surface area contributed by atoms with Crippen molar-refractivity contribution in [3.63, 3.8) is 0 Å². The Balaban J connectivity index is 1.33. The van der Waals surface area contributed by atoms with E-state index in [2.05, 4.69) is 19.8 Å². The number of nitrogen functional groups attached to an aromatic ring is 1. The van der Waals surface area contributed by atoms with Crippen LogP contribution in [0.3, 0.4) is 0 Å². The van der Waals surface area contributed by atoms with Gasteiger partial charge in [-0.25, -0.2) is 13.2 Å². The molecule has 3 N–H and O–H groups in total. The minimum atomic E-state index is -1.07. The first-order valence-corrected chi connectivity index (χ1v) is 17.0. The summed E-state index contributed by atoms with van der Waals surface area (Å²) >= 11 is 0.915. The molecule has 4 aliphatic rings. The van der Waals surface area contributed by atoms with Crippen molar-refractivity contribution < 1.29 is 27.8 Å². The van der Waals surface area contributed by atoms with Crippen LogP contribution in [-0.4, -0.2) is 100 Å². The summed E-state index contributed by atoms with van der Waals surface area (Å²) in [7, 11) is 1.84. The number of anilines is 2. The number of nitrogens with two attached hydrogens (primary N) is 1. The molecule has 3 unspecified atom stereocenters. The van der Waals surface area contributed by atoms with Gasteiger partial charge in [-0.2, -0.15) is 15.2 Å². The molecule has 8 rings (SSSR count). The van der Waals surface area contributed by atoms with Crippen LogP contribution in [0.4, 0.5) is 24.0 Å². The zero-order chi connectivity index (χ0) is 33.4. The molecule has 5 atom stereocenters. The number of alkyl halides is 1. The zero-order valence-corrected chi connectivity index (χ0v) is 27.4. The van der Waals surface area contributed by atoms with Gasteiger partial charge in [0.25, 0.3) is 0 Å². The predicted octanol–water partition coefficient (Wildman–Crippen LogP) is 4.12. The smallest absolute Gasteiger partial charge is 0.319 e. The Kier molecular flexibility index (Phi) is 7.84. The molecule has 15 heteroatoms. The summed E-state index contributed by atoms with van der Waals surface area (Å²) < 4.78 is 59.2. The zero-order valence-electron chi connectivity index (χ0n) is 26.5. The molecule has 0 amide bonds. The second kappa shape index (κ2) is 12.0. The van der Waals surface area contributed by atoms with Crippen molar-refractivity contribution in [3.05, 3.63) is 34.5 Å². The Bertz CT molecular complexity index is 1960. The first kappa shape index (κ1) is 31.5. The van der Waals surface area contributed by atoms with Gasteiger partial charge >= 0.3 is 6.01 Å². The molecule has 3 fully saturated rings. The third kappa shape index (κ3) is 4.96. The van der Waals surface area contributed by atoms with Crippen LogP contribution in [0.25, 0.3) is 32.2 Å². The Labute approximate surface area is 278 Å². The molecule has 252 valence electrons. The number of ether oxygens (including phenoxy) is 2. The number of aliphatic hydroxyl groups excluding tert-OH is 1. The van der Waals surface area contributed by atoms with E-state index in [0.29, 0.717) is 54.9 Å². The van der Waals surface area contributed by atoms with Gasteiger partial charge in [0.2, 0.25) is 0 Å². The van der Waals surface area contributed by atoms with Gasteiger partial charge in [-0.15, -0.1) is 11.3 Å². The molecule has 4 aromatic rings. The topological polar surface area (TPSA) is 137 Å². The van der Waals surface area contributed by atoms with Crippen molar-refractivity contribution in [3.8, 4) is 23.3 Å². The van der Waals surface area contributed by atoms with Crippen LogP contribution in [0.15, 0.2) is 6.20 Å². The molecule has 0 saturated carbocycles. The summed E-state index contributed by atoms with van der Waals surface area (Å²) in [5.74, 6) is -0.856. The number of aliphatic hydroxyl groups is 1. The molecule has 0 aliphatic carbocycles. The van der Waals surface area contributed by atoms with Crippen molar-refractivity contribution in [1.82, 2.24) is 24.8 Å². The van der Waals surface area contributed by atoms with Gasteiger partial charge in [0.05, 0.1) is 52.9 Å². The van der Waals surface area contributed by atoms with E-state index in [1.54, 1.807) is 6.92 Å². The van der Waals surface area contributed by atoms with Crippen molar-refractivity contribution in [2.24, 2.45) is 0 Å². The van der Waals surface area contributed by atoms with E-state index < -0.39 is 30.0 Å². The number of β-amino-alcohol motifs (C(OH)–C–C–N with tert-alkyl or cyclic N) is 1. The van der Waals surface area contributed by atoms with Gasteiger partial charge in [0.1, 0.15) is 35.2 Å². The molecule has 3 saturated heterocycles. The monoisotopic (exact) mass is 680 g/mol. The van der Waals surface area contributed by atoms with Gasteiger partial charge in [-0.05, 0) is 44.4 Å². The first-order chi connectivity index (χ1) is 23.1. The largest absolute Gasteiger partial charge is 0.462 e. The second-order valence-corrected chi connectivity index (χ2v) is 14.4. The number of pyridine rings is 1. The molecule has 3 aromatic heterocycles. The summed E-state index contributed by atoms with van der Waals surface area (Å²) in [6.07, 6.45) is 1.66. The van der Waals surface area contributed by atoms with E-state index in [1.165, 1.54) is 0 Å². The number of halogens is 3. The number of nitriles is 1. The molecule has 0 radical (unpaired) electrons. The minimum Gasteiger partial charge on any atom is -0.462 e. The summed E-state index contributed by atoms with van der Waals surface area (Å²) in [5.41, 5.74) is 7.49. The number of likely N-dealkylation sites (tertiary alicyclic amines) is 2. The first-order valence-electron chi connectivity index (χ1n) is 16.2. The van der Waals surface area contributed by atoms with E-state index in [0.717, 1.165) is 30.4 Å². The normalized spacial score (nSPS) is 24.9. The third-order valence-corrected chi connectivity index (χ3v) is 11.3. The average molecular weight is 681 g/mol. The Hall–Kier alpha value is -3.81. The highest BCUT2D eigenvalue weighted by atomic mass is 32.1. The van der Waals surface area contributed by atoms with Crippen LogP contribution in [0.2, 0.25) is 0 Å². The van der Waals surface area contributed by atoms with E-state index in [1.807, 2.05) is 18.0 Å². The molecule has 2 bridgehead atoms. The van der Waals surface area contributed by atoms with Gasteiger partial charge in [-0.1, -0.05) is 0 Å². The lowest BCUT2D eigenvalue weighted by Crippen LogP contribution is -2.55. The number of thiophene rings is 1. The van der Waals surface area contributed by atoms with Gasteiger partial charge in [0, 0.05) is 49.2 Å². The molecule has 7 heterocycles. The fraction of sp³-hybridized carbons (Fsp3) is 0.515. The number of piperazine rings is 1. The fourth-order valence-electron chi connectivity index (χ4n) is 8.09. The van der Waals surface area contributed by atoms with Crippen LogP contribution < -0.4 is 15.4 Å². The maximum absolute atomic E-state index is 17.3. The fourth-order valence-corrected chi connectivity index (χ4v) is 9.01. The lowest BCUT2D eigenvalue weighted by Gasteiger charge is -2.42. The number of hydrogen-bond donors (Lipinski definition) is 2. The highest BCUT2D eigenvalue weighted by Crippen LogP contribution is 2.48. The van der Waals surface area contributed by atoms with Crippen molar-refractivity contribution in [2.45, 2.75) is 69.8 Å². The van der Waals surface area contributed by atoms with Crippen LogP contribution in [0.1, 0.15) is 42.9 Å². The number of likely N-dealkylation sites (N-methyl/N-ethyl adjacent to an activating group) is 1. The number of nitrogens with zero attached hydrogens (tertiary/aromatic N) is 7. The molecular weight excluding hydrogens is 645 g/mol. The van der Waals surface area contributed by atoms with Crippen LogP contribution in [0.5, 0.6) is 6.01 Å². The van der Waals surface area contributed by atoms with Gasteiger partial charge in [0.15, 0.2) is 11.6 Å². The summed E-state index contributed by atoms with van der Waals surface area (Å²) in [6.45, 7) is 4.54. The average Bonchev–Trinajstić information content (AvgIpc) is 3.81. The number of rotatable bonds is 7. The van der Waals surface area contributed by atoms with E-state index in [9.17, 15) is 19.1 Å². The Morgan fingerprint density at radius 2 is 1.92 bits per heavy atom. The molecular formula is C33H35F3N8O3S.